The molecular weight excluding hydrogens is 526 g/mol. The minimum atomic E-state index is -0.681. The van der Waals surface area contributed by atoms with E-state index >= 15 is 0 Å². The third-order valence-corrected chi connectivity index (χ3v) is 8.13. The van der Waals surface area contributed by atoms with Crippen LogP contribution in [0.15, 0.2) is 66.8 Å². The van der Waals surface area contributed by atoms with Crippen LogP contribution in [0.3, 0.4) is 0 Å². The van der Waals surface area contributed by atoms with Gasteiger partial charge in [-0.05, 0) is 54.3 Å². The molecule has 3 aromatic carbocycles. The molecule has 1 aliphatic heterocycles. The summed E-state index contributed by atoms with van der Waals surface area (Å²) in [4.78, 5) is 25.5. The topological polar surface area (TPSA) is 115 Å². The molecule has 3 atom stereocenters. The van der Waals surface area contributed by atoms with Crippen molar-refractivity contribution in [2.24, 2.45) is 11.3 Å². The minimum Gasteiger partial charge on any atom is -0.496 e. The molecule has 0 radical (unpaired) electrons. The fourth-order valence-electron chi connectivity index (χ4n) is 6.21. The molecule has 5 rings (SSSR count). The van der Waals surface area contributed by atoms with E-state index in [0.717, 1.165) is 24.7 Å². The normalized spacial score (nSPS) is 20.3. The predicted molar refractivity (Wildman–Crippen MR) is 154 cm³/mol. The lowest BCUT2D eigenvalue weighted by Gasteiger charge is -2.40. The SMILES string of the molecule is C=C[C@@]1(C)CCC=C(C[C@@H](C)OC(=O)c2cc3c(c4c2c(N(O)O)cc2c(OC)cccc24)OCO3)[C@H]1C(=C)C=O. The van der Waals surface area contributed by atoms with Crippen LogP contribution in [-0.2, 0) is 9.53 Å². The zero-order valence-electron chi connectivity index (χ0n) is 23.3. The highest BCUT2D eigenvalue weighted by Crippen LogP contribution is 2.50. The summed E-state index contributed by atoms with van der Waals surface area (Å²) in [5.41, 5.74) is 1.08. The Kier molecular flexibility index (Phi) is 7.50. The van der Waals surface area contributed by atoms with E-state index in [-0.39, 0.29) is 40.0 Å². The van der Waals surface area contributed by atoms with Gasteiger partial charge in [-0.1, -0.05) is 43.4 Å². The van der Waals surface area contributed by atoms with Crippen LogP contribution in [0.5, 0.6) is 17.2 Å². The van der Waals surface area contributed by atoms with E-state index in [9.17, 15) is 20.0 Å². The zero-order chi connectivity index (χ0) is 29.5. The number of esters is 1. The average molecular weight is 560 g/mol. The van der Waals surface area contributed by atoms with Gasteiger partial charge < -0.3 is 18.9 Å². The number of benzene rings is 3. The Morgan fingerprint density at radius 2 is 2.02 bits per heavy atom. The first kappa shape index (κ1) is 28.2. The molecule has 0 bridgehead atoms. The van der Waals surface area contributed by atoms with Gasteiger partial charge in [0.15, 0.2) is 11.5 Å². The van der Waals surface area contributed by atoms with E-state index in [0.29, 0.717) is 45.4 Å². The number of rotatable bonds is 9. The van der Waals surface area contributed by atoms with Gasteiger partial charge in [0.05, 0.1) is 12.7 Å². The smallest absolute Gasteiger partial charge is 0.339 e. The number of hydrogen-bond acceptors (Lipinski definition) is 9. The molecule has 214 valence electrons. The van der Waals surface area contributed by atoms with Gasteiger partial charge in [0.1, 0.15) is 23.8 Å². The van der Waals surface area contributed by atoms with Crippen molar-refractivity contribution in [3.8, 4) is 17.2 Å². The van der Waals surface area contributed by atoms with Crippen molar-refractivity contribution < 1.29 is 39.0 Å². The molecule has 0 unspecified atom stereocenters. The van der Waals surface area contributed by atoms with Crippen molar-refractivity contribution in [1.29, 1.82) is 0 Å². The van der Waals surface area contributed by atoms with E-state index in [1.807, 2.05) is 12.1 Å². The van der Waals surface area contributed by atoms with Crippen molar-refractivity contribution >= 4 is 39.5 Å². The summed E-state index contributed by atoms with van der Waals surface area (Å²) in [6.45, 7) is 11.7. The lowest BCUT2D eigenvalue weighted by Crippen LogP contribution is -2.33. The van der Waals surface area contributed by atoms with Crippen LogP contribution >= 0.6 is 0 Å². The van der Waals surface area contributed by atoms with E-state index in [1.165, 1.54) is 19.2 Å². The van der Waals surface area contributed by atoms with E-state index in [2.05, 4.69) is 26.2 Å². The minimum absolute atomic E-state index is 0.0325. The van der Waals surface area contributed by atoms with Crippen molar-refractivity contribution in [1.82, 2.24) is 0 Å². The highest BCUT2D eigenvalue weighted by Gasteiger charge is 2.38. The van der Waals surface area contributed by atoms with Gasteiger partial charge in [-0.25, -0.2) is 4.79 Å². The second-order valence-corrected chi connectivity index (χ2v) is 10.7. The molecule has 9 nitrogen and oxygen atoms in total. The maximum atomic E-state index is 13.8. The maximum absolute atomic E-state index is 13.8. The molecule has 0 amide bonds. The van der Waals surface area contributed by atoms with Crippen molar-refractivity contribution in [2.45, 2.75) is 39.2 Å². The molecule has 41 heavy (non-hydrogen) atoms. The van der Waals surface area contributed by atoms with Crippen LogP contribution in [0.4, 0.5) is 5.69 Å². The van der Waals surface area contributed by atoms with Gasteiger partial charge in [-0.15, -0.1) is 11.8 Å². The van der Waals surface area contributed by atoms with Gasteiger partial charge in [0, 0.05) is 28.5 Å². The number of methoxy groups -OCH3 is 1. The number of nitrogens with zero attached hydrogens (tertiary/aromatic N) is 1. The molecule has 9 heteroatoms. The van der Waals surface area contributed by atoms with Crippen LogP contribution in [-0.4, -0.2) is 42.7 Å². The number of ether oxygens (including phenoxy) is 4. The fourth-order valence-corrected chi connectivity index (χ4v) is 6.21. The molecule has 0 saturated heterocycles. The third kappa shape index (κ3) is 4.81. The molecule has 0 fully saturated rings. The number of fused-ring (bicyclic) bond motifs is 5. The lowest BCUT2D eigenvalue weighted by molar-refractivity contribution is -0.105. The summed E-state index contributed by atoms with van der Waals surface area (Å²) >= 11 is 0. The number of aldehydes is 1. The van der Waals surface area contributed by atoms with Crippen molar-refractivity contribution in [2.75, 3.05) is 19.1 Å². The second kappa shape index (κ2) is 10.9. The van der Waals surface area contributed by atoms with Crippen molar-refractivity contribution in [3.63, 3.8) is 0 Å². The molecule has 2 aliphatic rings. The van der Waals surface area contributed by atoms with Crippen LogP contribution in [0, 0.1) is 11.3 Å². The Hall–Kier alpha value is -4.34. The molecule has 3 aromatic rings. The van der Waals surface area contributed by atoms with Crippen LogP contribution in [0.1, 0.15) is 43.5 Å². The molecular formula is C32H33NO8. The summed E-state index contributed by atoms with van der Waals surface area (Å²) < 4.78 is 22.9. The highest BCUT2D eigenvalue weighted by molar-refractivity contribution is 6.23. The van der Waals surface area contributed by atoms with Crippen LogP contribution in [0.2, 0.25) is 0 Å². The number of carbonyl (C=O) groups excluding carboxylic acids is 2. The first-order valence-electron chi connectivity index (χ1n) is 13.3. The van der Waals surface area contributed by atoms with E-state index < -0.39 is 12.1 Å². The number of allylic oxidation sites excluding steroid dienone is 3. The quantitative estimate of drug-likeness (QED) is 0.0753. The zero-order valence-corrected chi connectivity index (χ0v) is 23.3. The monoisotopic (exact) mass is 559 g/mol. The van der Waals surface area contributed by atoms with Gasteiger partial charge in [0.25, 0.3) is 0 Å². The molecule has 0 aromatic heterocycles. The second-order valence-electron chi connectivity index (χ2n) is 10.7. The van der Waals surface area contributed by atoms with Crippen LogP contribution < -0.4 is 19.4 Å². The summed E-state index contributed by atoms with van der Waals surface area (Å²) in [5, 5.41) is 22.4. The Morgan fingerprint density at radius 3 is 2.71 bits per heavy atom. The van der Waals surface area contributed by atoms with Crippen LogP contribution in [0.25, 0.3) is 21.5 Å². The van der Waals surface area contributed by atoms with Crippen molar-refractivity contribution in [3.05, 3.63) is 72.4 Å². The van der Waals surface area contributed by atoms with E-state index in [1.54, 1.807) is 19.1 Å². The summed E-state index contributed by atoms with van der Waals surface area (Å²) in [6, 6.07) is 8.39. The first-order chi connectivity index (χ1) is 19.6. The lowest BCUT2D eigenvalue weighted by atomic mass is 9.64. The van der Waals surface area contributed by atoms with E-state index in [4.69, 9.17) is 18.9 Å². The summed E-state index contributed by atoms with van der Waals surface area (Å²) in [7, 11) is 1.52. The van der Waals surface area contributed by atoms with Gasteiger partial charge in [0.2, 0.25) is 6.79 Å². The summed E-state index contributed by atoms with van der Waals surface area (Å²) in [6.07, 6.45) is 6.16. The Labute approximate surface area is 237 Å². The molecule has 0 saturated carbocycles. The number of hydrogen-bond donors (Lipinski definition) is 2. The third-order valence-electron chi connectivity index (χ3n) is 8.13. The van der Waals surface area contributed by atoms with Gasteiger partial charge >= 0.3 is 5.97 Å². The molecule has 1 aliphatic carbocycles. The number of anilines is 1. The maximum Gasteiger partial charge on any atom is 0.339 e. The van der Waals surface area contributed by atoms with Gasteiger partial charge in [-0.3, -0.25) is 15.2 Å². The summed E-state index contributed by atoms with van der Waals surface area (Å²) in [5.74, 6) is 0.280. The van der Waals surface area contributed by atoms with Gasteiger partial charge in [-0.2, -0.15) is 0 Å². The standard InChI is InChI=1S/C32H33NO8/c1-6-32(4)12-8-9-20(29(32)18(2)16-34)13-19(3)41-31(35)23-15-26-30(40-17-39-26)28-21-10-7-11-25(38-5)22(21)14-24(27(23)28)33(36)37/h6-7,9-11,14-16,19,29,36-37H,1-2,8,12-13,17H2,3-5H3/t19-,29-,32+/m1/s1. The molecule has 0 spiro atoms. The first-order valence-corrected chi connectivity index (χ1v) is 13.3. The molecule has 1 heterocycles. The highest BCUT2D eigenvalue weighted by atomic mass is 16.8. The molecule has 2 N–H and O–H groups in total. The largest absolute Gasteiger partial charge is 0.496 e. The Balaban J connectivity index is 1.57. The Morgan fingerprint density at radius 1 is 1.24 bits per heavy atom. The average Bonchev–Trinajstić information content (AvgIpc) is 3.44. The predicted octanol–water partition coefficient (Wildman–Crippen LogP) is 6.53. The fraction of sp³-hybridized carbons (Fsp3) is 0.312. The number of carbonyl (C=O) groups is 2. The Bertz CT molecular complexity index is 1610.